The number of hydrogen-bond donors (Lipinski definition) is 3. The Balaban J connectivity index is 1.57. The Bertz CT molecular complexity index is 1190. The number of amides is 3. The highest BCUT2D eigenvalue weighted by atomic mass is 32.1. The van der Waals surface area contributed by atoms with Crippen molar-refractivity contribution < 1.29 is 9.59 Å². The third-order valence-electron chi connectivity index (χ3n) is 5.95. The zero-order chi connectivity index (χ0) is 21.7. The molecule has 4 heterocycles. The van der Waals surface area contributed by atoms with Crippen molar-refractivity contribution >= 4 is 50.6 Å². The van der Waals surface area contributed by atoms with E-state index >= 15 is 0 Å². The van der Waals surface area contributed by atoms with Gasteiger partial charge in [0.05, 0.1) is 22.4 Å². The molecule has 3 aromatic rings. The molecule has 0 spiro atoms. The Morgan fingerprint density at radius 2 is 2.10 bits per heavy atom. The van der Waals surface area contributed by atoms with Crippen LogP contribution in [-0.2, 0) is 0 Å². The van der Waals surface area contributed by atoms with Crippen molar-refractivity contribution in [3.05, 3.63) is 41.2 Å². The average molecular weight is 437 g/mol. The number of nitrogens with zero attached hydrogens (tertiary/aromatic N) is 3. The molecule has 160 valence electrons. The van der Waals surface area contributed by atoms with Crippen molar-refractivity contribution in [2.24, 2.45) is 5.73 Å². The fourth-order valence-electron chi connectivity index (χ4n) is 4.29. The van der Waals surface area contributed by atoms with E-state index in [1.54, 1.807) is 23.4 Å². The van der Waals surface area contributed by atoms with Crippen molar-refractivity contribution in [2.75, 3.05) is 10.2 Å². The normalized spacial score (nSPS) is 20.4. The molecule has 2 aliphatic rings. The number of thiophene rings is 1. The first-order valence-corrected chi connectivity index (χ1v) is 11.3. The van der Waals surface area contributed by atoms with Gasteiger partial charge in [-0.1, -0.05) is 13.8 Å². The van der Waals surface area contributed by atoms with Crippen LogP contribution in [0.25, 0.3) is 10.2 Å². The van der Waals surface area contributed by atoms with E-state index in [9.17, 15) is 9.59 Å². The molecule has 1 aliphatic carbocycles. The molecule has 5 rings (SSSR count). The lowest BCUT2D eigenvalue weighted by Gasteiger charge is -2.28. The Kier molecular flexibility index (Phi) is 4.86. The molecule has 0 saturated heterocycles. The van der Waals surface area contributed by atoms with Crippen molar-refractivity contribution in [1.82, 2.24) is 15.3 Å². The maximum Gasteiger partial charge on any atom is 0.331 e. The molecule has 3 amide bonds. The standard InChI is InChI=1S/C22H24N6O2S/c1-11(2)15-10-12(6-8-24-15)28-16-7-9-25-21-17(16)18(27-22(28)30)19(31-21)20(29)26-14-5-3-4-13(14)23/h6-11,13-14H,3-5,23H2,1-2H3,(H,26,29)(H,27,30)/t13-,14-/m1/s1. The number of rotatable bonds is 4. The van der Waals surface area contributed by atoms with E-state index in [1.165, 1.54) is 11.3 Å². The summed E-state index contributed by atoms with van der Waals surface area (Å²) in [6.07, 6.45) is 6.17. The second kappa shape index (κ2) is 7.58. The number of carbonyl (C=O) groups excluding carboxylic acids is 2. The summed E-state index contributed by atoms with van der Waals surface area (Å²) < 4.78 is 0. The number of anilines is 3. The summed E-state index contributed by atoms with van der Waals surface area (Å²) in [5.41, 5.74) is 8.97. The average Bonchev–Trinajstić information content (AvgIpc) is 3.32. The molecular formula is C22H24N6O2S. The number of pyridine rings is 2. The van der Waals surface area contributed by atoms with Crippen LogP contribution in [0, 0.1) is 0 Å². The molecule has 0 unspecified atom stereocenters. The smallest absolute Gasteiger partial charge is 0.331 e. The van der Waals surface area contributed by atoms with Gasteiger partial charge in [0.15, 0.2) is 0 Å². The summed E-state index contributed by atoms with van der Waals surface area (Å²) in [5, 5.41) is 6.75. The molecule has 2 atom stereocenters. The minimum atomic E-state index is -0.314. The van der Waals surface area contributed by atoms with Gasteiger partial charge in [-0.05, 0) is 43.4 Å². The van der Waals surface area contributed by atoms with Crippen molar-refractivity contribution in [1.29, 1.82) is 0 Å². The van der Waals surface area contributed by atoms with Crippen molar-refractivity contribution in [3.8, 4) is 0 Å². The minimum Gasteiger partial charge on any atom is -0.347 e. The molecule has 1 saturated carbocycles. The van der Waals surface area contributed by atoms with E-state index in [2.05, 4.69) is 34.4 Å². The van der Waals surface area contributed by atoms with Gasteiger partial charge in [0.1, 0.15) is 9.71 Å². The van der Waals surface area contributed by atoms with Gasteiger partial charge in [-0.25, -0.2) is 9.78 Å². The molecule has 0 radical (unpaired) electrons. The molecule has 1 aliphatic heterocycles. The Morgan fingerprint density at radius 3 is 2.84 bits per heavy atom. The van der Waals surface area contributed by atoms with Gasteiger partial charge in [-0.2, -0.15) is 0 Å². The fraction of sp³-hybridized carbons (Fsp3) is 0.364. The predicted octanol–water partition coefficient (Wildman–Crippen LogP) is 4.11. The van der Waals surface area contributed by atoms with Crippen LogP contribution >= 0.6 is 11.3 Å². The second-order valence-corrected chi connectivity index (χ2v) is 9.35. The summed E-state index contributed by atoms with van der Waals surface area (Å²) >= 11 is 1.28. The van der Waals surface area contributed by atoms with Crippen molar-refractivity contribution in [3.63, 3.8) is 0 Å². The lowest BCUT2D eigenvalue weighted by atomic mass is 10.1. The van der Waals surface area contributed by atoms with Gasteiger partial charge < -0.3 is 16.4 Å². The Morgan fingerprint density at radius 1 is 1.29 bits per heavy atom. The highest BCUT2D eigenvalue weighted by Gasteiger charge is 2.34. The van der Waals surface area contributed by atoms with Gasteiger partial charge in [-0.3, -0.25) is 14.7 Å². The molecule has 31 heavy (non-hydrogen) atoms. The van der Waals surface area contributed by atoms with Crippen LogP contribution in [0.5, 0.6) is 0 Å². The highest BCUT2D eigenvalue weighted by Crippen LogP contribution is 2.45. The maximum atomic E-state index is 13.2. The molecule has 3 aromatic heterocycles. The van der Waals surface area contributed by atoms with Gasteiger partial charge in [0, 0.05) is 30.2 Å². The van der Waals surface area contributed by atoms with Crippen LogP contribution in [0.2, 0.25) is 0 Å². The molecule has 9 heteroatoms. The monoisotopic (exact) mass is 436 g/mol. The topological polar surface area (TPSA) is 113 Å². The lowest BCUT2D eigenvalue weighted by Crippen LogP contribution is -2.44. The van der Waals surface area contributed by atoms with E-state index in [0.29, 0.717) is 21.1 Å². The largest absolute Gasteiger partial charge is 0.347 e. The predicted molar refractivity (Wildman–Crippen MR) is 122 cm³/mol. The quantitative estimate of drug-likeness (QED) is 0.570. The van der Waals surface area contributed by atoms with Gasteiger partial charge in [0.25, 0.3) is 5.91 Å². The van der Waals surface area contributed by atoms with E-state index in [-0.39, 0.29) is 29.9 Å². The van der Waals surface area contributed by atoms with Crippen LogP contribution < -0.4 is 21.3 Å². The molecule has 0 bridgehead atoms. The van der Waals surface area contributed by atoms with Gasteiger partial charge in [-0.15, -0.1) is 11.3 Å². The third-order valence-corrected chi connectivity index (χ3v) is 7.05. The van der Waals surface area contributed by atoms with Crippen molar-refractivity contribution in [2.45, 2.75) is 51.1 Å². The Hall–Kier alpha value is -3.04. The van der Waals surface area contributed by atoms with Gasteiger partial charge >= 0.3 is 6.03 Å². The number of nitrogens with one attached hydrogen (secondary N) is 2. The second-order valence-electron chi connectivity index (χ2n) is 8.35. The van der Waals surface area contributed by atoms with E-state index in [1.807, 2.05) is 12.1 Å². The van der Waals surface area contributed by atoms with Gasteiger partial charge in [0.2, 0.25) is 0 Å². The van der Waals surface area contributed by atoms with E-state index in [4.69, 9.17) is 5.73 Å². The number of nitrogens with two attached hydrogens (primary N) is 1. The van der Waals surface area contributed by atoms with Crippen LogP contribution in [0.4, 0.5) is 21.9 Å². The molecule has 0 aromatic carbocycles. The molecule has 4 N–H and O–H groups in total. The molecular weight excluding hydrogens is 412 g/mol. The molecule has 8 nitrogen and oxygen atoms in total. The lowest BCUT2D eigenvalue weighted by molar-refractivity contribution is 0.0939. The first kappa shape index (κ1) is 19.9. The highest BCUT2D eigenvalue weighted by molar-refractivity contribution is 7.21. The van der Waals surface area contributed by atoms with E-state index < -0.39 is 0 Å². The van der Waals surface area contributed by atoms with E-state index in [0.717, 1.165) is 36.0 Å². The first-order valence-electron chi connectivity index (χ1n) is 10.5. The third kappa shape index (κ3) is 3.34. The van der Waals surface area contributed by atoms with Crippen LogP contribution in [0.3, 0.4) is 0 Å². The van der Waals surface area contributed by atoms with Crippen LogP contribution in [-0.4, -0.2) is 34.0 Å². The summed E-state index contributed by atoms with van der Waals surface area (Å²) in [7, 11) is 0. The fourth-order valence-corrected chi connectivity index (χ4v) is 5.32. The summed E-state index contributed by atoms with van der Waals surface area (Å²) in [4.78, 5) is 37.9. The summed E-state index contributed by atoms with van der Waals surface area (Å²) in [6.45, 7) is 4.12. The number of carbonyl (C=O) groups is 2. The number of hydrogen-bond acceptors (Lipinski definition) is 6. The number of urea groups is 1. The minimum absolute atomic E-state index is 0.0321. The molecule has 1 fully saturated rings. The summed E-state index contributed by atoms with van der Waals surface area (Å²) in [5.74, 6) is 0.0188. The SMILES string of the molecule is CC(C)c1cc(N2C(=O)Nc3c(C(=O)N[C@@H]4CCC[C@H]4N)sc4nccc2c34)ccn1. The summed E-state index contributed by atoms with van der Waals surface area (Å²) in [6, 6.07) is 5.15. The maximum absolute atomic E-state index is 13.2. The first-order chi connectivity index (χ1) is 14.9. The van der Waals surface area contributed by atoms with Crippen LogP contribution in [0.15, 0.2) is 30.6 Å². The Labute approximate surface area is 183 Å². The van der Waals surface area contributed by atoms with Crippen LogP contribution in [0.1, 0.15) is 54.4 Å². The number of aromatic nitrogens is 2. The zero-order valence-corrected chi connectivity index (χ0v) is 18.2. The zero-order valence-electron chi connectivity index (χ0n) is 17.4.